The maximum absolute atomic E-state index is 12.0. The molecule has 0 radical (unpaired) electrons. The van der Waals surface area contributed by atoms with Gasteiger partial charge in [0.25, 0.3) is 5.91 Å². The van der Waals surface area contributed by atoms with Crippen LogP contribution in [0.15, 0.2) is 53.6 Å². The number of hydrogen-bond acceptors (Lipinski definition) is 3. The Morgan fingerprint density at radius 2 is 1.92 bits per heavy atom. The summed E-state index contributed by atoms with van der Waals surface area (Å²) in [6.07, 6.45) is 3.85. The molecule has 0 spiro atoms. The lowest BCUT2D eigenvalue weighted by Gasteiger charge is -2.05. The zero-order chi connectivity index (χ0) is 18.1. The van der Waals surface area contributed by atoms with Crippen molar-refractivity contribution in [2.45, 2.75) is 26.2 Å². The van der Waals surface area contributed by atoms with Crippen LogP contribution in [0, 0.1) is 0 Å². The first-order valence-corrected chi connectivity index (χ1v) is 8.45. The van der Waals surface area contributed by atoms with E-state index in [1.54, 1.807) is 42.5 Å². The van der Waals surface area contributed by atoms with Crippen LogP contribution in [0.4, 0.5) is 5.69 Å². The number of anilines is 1. The molecule has 25 heavy (non-hydrogen) atoms. The van der Waals surface area contributed by atoms with Gasteiger partial charge in [-0.15, -0.1) is 0 Å². The molecule has 5 nitrogen and oxygen atoms in total. The van der Waals surface area contributed by atoms with Crippen LogP contribution in [0.5, 0.6) is 0 Å². The zero-order valence-electron chi connectivity index (χ0n) is 14.0. The lowest BCUT2D eigenvalue weighted by atomic mass is 10.2. The fraction of sp³-hybridized carbons (Fsp3) is 0.211. The first kappa shape index (κ1) is 18.7. The summed E-state index contributed by atoms with van der Waals surface area (Å²) in [5.41, 5.74) is 4.37. The number of halogens is 1. The molecule has 2 N–H and O–H groups in total. The monoisotopic (exact) mass is 357 g/mol. The lowest BCUT2D eigenvalue weighted by Crippen LogP contribution is -2.17. The molecular formula is C19H20ClN3O2. The Balaban J connectivity index is 1.88. The molecule has 2 aromatic rings. The maximum Gasteiger partial charge on any atom is 0.271 e. The van der Waals surface area contributed by atoms with Crippen molar-refractivity contribution in [2.75, 3.05) is 5.32 Å². The van der Waals surface area contributed by atoms with Gasteiger partial charge in [0.1, 0.15) is 0 Å². The number of hydrogen-bond donors (Lipinski definition) is 2. The second-order valence-electron chi connectivity index (χ2n) is 5.48. The standard InChI is InChI=1S/C19H20ClN3O2/c1-2-3-7-18(24)22-17-10-8-15(9-11-17)19(25)23-21-13-14-5-4-6-16(20)12-14/h4-6,8-13H,2-3,7H2,1H3,(H,22,24)(H,23,25). The summed E-state index contributed by atoms with van der Waals surface area (Å²) in [7, 11) is 0. The molecule has 130 valence electrons. The van der Waals surface area contributed by atoms with Crippen molar-refractivity contribution in [1.29, 1.82) is 0 Å². The summed E-state index contributed by atoms with van der Waals surface area (Å²) in [5, 5.41) is 7.31. The molecule has 0 aliphatic carbocycles. The third kappa shape index (κ3) is 6.39. The summed E-state index contributed by atoms with van der Waals surface area (Å²) >= 11 is 5.88. The summed E-state index contributed by atoms with van der Waals surface area (Å²) in [4.78, 5) is 23.7. The summed E-state index contributed by atoms with van der Waals surface area (Å²) in [6.45, 7) is 2.04. The van der Waals surface area contributed by atoms with Crippen molar-refractivity contribution in [3.05, 3.63) is 64.7 Å². The molecule has 0 aliphatic heterocycles. The number of nitrogens with zero attached hydrogens (tertiary/aromatic N) is 1. The molecule has 0 saturated heterocycles. The van der Waals surface area contributed by atoms with E-state index >= 15 is 0 Å². The highest BCUT2D eigenvalue weighted by molar-refractivity contribution is 6.30. The van der Waals surface area contributed by atoms with Gasteiger partial charge in [0.05, 0.1) is 6.21 Å². The van der Waals surface area contributed by atoms with E-state index in [2.05, 4.69) is 15.8 Å². The van der Waals surface area contributed by atoms with Gasteiger partial charge >= 0.3 is 0 Å². The molecule has 0 saturated carbocycles. The largest absolute Gasteiger partial charge is 0.326 e. The van der Waals surface area contributed by atoms with Gasteiger partial charge in [-0.1, -0.05) is 37.1 Å². The number of rotatable bonds is 7. The Morgan fingerprint density at radius 3 is 2.60 bits per heavy atom. The molecule has 2 amide bonds. The average molecular weight is 358 g/mol. The molecule has 0 aromatic heterocycles. The highest BCUT2D eigenvalue weighted by Crippen LogP contribution is 2.11. The van der Waals surface area contributed by atoms with Crippen LogP contribution in [0.25, 0.3) is 0 Å². The van der Waals surface area contributed by atoms with Gasteiger partial charge in [0.15, 0.2) is 0 Å². The summed E-state index contributed by atoms with van der Waals surface area (Å²) in [5.74, 6) is -0.354. The van der Waals surface area contributed by atoms with E-state index in [0.29, 0.717) is 22.7 Å². The van der Waals surface area contributed by atoms with Gasteiger partial charge < -0.3 is 5.32 Å². The predicted molar refractivity (Wildman–Crippen MR) is 101 cm³/mol. The second-order valence-corrected chi connectivity index (χ2v) is 5.92. The first-order chi connectivity index (χ1) is 12.1. The van der Waals surface area contributed by atoms with Crippen molar-refractivity contribution in [3.8, 4) is 0 Å². The van der Waals surface area contributed by atoms with Gasteiger partial charge in [-0.25, -0.2) is 5.43 Å². The Labute approximate surface area is 152 Å². The van der Waals surface area contributed by atoms with Gasteiger partial charge in [-0.05, 0) is 48.4 Å². The van der Waals surface area contributed by atoms with Gasteiger partial charge in [-0.2, -0.15) is 5.10 Å². The fourth-order valence-corrected chi connectivity index (χ4v) is 2.28. The van der Waals surface area contributed by atoms with E-state index in [9.17, 15) is 9.59 Å². The van der Waals surface area contributed by atoms with Crippen molar-refractivity contribution in [3.63, 3.8) is 0 Å². The fourth-order valence-electron chi connectivity index (χ4n) is 2.08. The Morgan fingerprint density at radius 1 is 1.16 bits per heavy atom. The SMILES string of the molecule is CCCCC(=O)Nc1ccc(C(=O)NN=Cc2cccc(Cl)c2)cc1. The Bertz CT molecular complexity index is 758. The molecule has 6 heteroatoms. The molecule has 0 unspecified atom stereocenters. The maximum atomic E-state index is 12.0. The van der Waals surface area contributed by atoms with Gasteiger partial charge in [0, 0.05) is 22.7 Å². The minimum Gasteiger partial charge on any atom is -0.326 e. The molecule has 0 fully saturated rings. The molecule has 0 bridgehead atoms. The van der Waals surface area contributed by atoms with E-state index in [1.165, 1.54) is 6.21 Å². The summed E-state index contributed by atoms with van der Waals surface area (Å²) in [6, 6.07) is 13.8. The topological polar surface area (TPSA) is 70.6 Å². The lowest BCUT2D eigenvalue weighted by molar-refractivity contribution is -0.116. The Hall–Kier alpha value is -2.66. The number of hydrazone groups is 1. The van der Waals surface area contributed by atoms with Crippen LogP contribution >= 0.6 is 11.6 Å². The highest BCUT2D eigenvalue weighted by atomic mass is 35.5. The van der Waals surface area contributed by atoms with E-state index in [4.69, 9.17) is 11.6 Å². The van der Waals surface area contributed by atoms with Crippen molar-refractivity contribution < 1.29 is 9.59 Å². The molecular weight excluding hydrogens is 338 g/mol. The van der Waals surface area contributed by atoms with E-state index in [0.717, 1.165) is 18.4 Å². The molecule has 0 heterocycles. The van der Waals surface area contributed by atoms with Gasteiger partial charge in [0.2, 0.25) is 5.91 Å². The number of unbranched alkanes of at least 4 members (excludes halogenated alkanes) is 1. The quantitative estimate of drug-likeness (QED) is 0.575. The number of carbonyl (C=O) groups excluding carboxylic acids is 2. The first-order valence-electron chi connectivity index (χ1n) is 8.07. The number of amides is 2. The van der Waals surface area contributed by atoms with Crippen LogP contribution in [-0.2, 0) is 4.79 Å². The van der Waals surface area contributed by atoms with E-state index < -0.39 is 0 Å². The third-order valence-electron chi connectivity index (χ3n) is 3.42. The van der Waals surface area contributed by atoms with Crippen molar-refractivity contribution in [2.24, 2.45) is 5.10 Å². The van der Waals surface area contributed by atoms with E-state index in [-0.39, 0.29) is 11.8 Å². The van der Waals surface area contributed by atoms with E-state index in [1.807, 2.05) is 13.0 Å². The van der Waals surface area contributed by atoms with Crippen LogP contribution < -0.4 is 10.7 Å². The number of carbonyl (C=O) groups is 2. The van der Waals surface area contributed by atoms with Crippen molar-refractivity contribution >= 4 is 35.3 Å². The second kappa shape index (κ2) is 9.59. The molecule has 2 aromatic carbocycles. The number of nitrogens with one attached hydrogen (secondary N) is 2. The van der Waals surface area contributed by atoms with Crippen molar-refractivity contribution in [1.82, 2.24) is 5.43 Å². The van der Waals surface area contributed by atoms with Crippen LogP contribution in [-0.4, -0.2) is 18.0 Å². The van der Waals surface area contributed by atoms with Crippen LogP contribution in [0.2, 0.25) is 5.02 Å². The Kier molecular flexibility index (Phi) is 7.16. The normalized spacial score (nSPS) is 10.6. The molecule has 2 rings (SSSR count). The molecule has 0 aliphatic rings. The molecule has 0 atom stereocenters. The average Bonchev–Trinajstić information content (AvgIpc) is 2.60. The van der Waals surface area contributed by atoms with Gasteiger partial charge in [-0.3, -0.25) is 9.59 Å². The minimum absolute atomic E-state index is 0.0230. The summed E-state index contributed by atoms with van der Waals surface area (Å²) < 4.78 is 0. The minimum atomic E-state index is -0.331. The van der Waals surface area contributed by atoms with Crippen LogP contribution in [0.3, 0.4) is 0 Å². The zero-order valence-corrected chi connectivity index (χ0v) is 14.7. The smallest absolute Gasteiger partial charge is 0.271 e. The predicted octanol–water partition coefficient (Wildman–Crippen LogP) is 4.23. The van der Waals surface area contributed by atoms with Crippen LogP contribution in [0.1, 0.15) is 42.1 Å². The highest BCUT2D eigenvalue weighted by Gasteiger charge is 2.05. The third-order valence-corrected chi connectivity index (χ3v) is 3.65. The number of benzene rings is 2.